The third-order valence-electron chi connectivity index (χ3n) is 4.35. The Balaban J connectivity index is 1.74. The van der Waals surface area contributed by atoms with Crippen LogP contribution in [-0.2, 0) is 12.8 Å². The average molecular weight is 259 g/mol. The fourth-order valence-corrected chi connectivity index (χ4v) is 3.16. The minimum atomic E-state index is 0.550. The second-order valence-electron chi connectivity index (χ2n) is 5.47. The number of ether oxygens (including phenoxy) is 1. The van der Waals surface area contributed by atoms with Crippen LogP contribution in [0.2, 0.25) is 0 Å². The predicted molar refractivity (Wildman–Crippen MR) is 75.7 cm³/mol. The van der Waals surface area contributed by atoms with Gasteiger partial charge >= 0.3 is 0 Å². The van der Waals surface area contributed by atoms with Gasteiger partial charge in [0, 0.05) is 25.6 Å². The molecule has 1 aromatic carbocycles. The summed E-state index contributed by atoms with van der Waals surface area (Å²) >= 11 is 0. The maximum atomic E-state index is 9.47. The number of hydrogen-bond acceptors (Lipinski definition) is 3. The zero-order chi connectivity index (χ0) is 13.2. The molecular formula is C16H21NO2. The molecule has 0 bridgehead atoms. The molecular weight excluding hydrogens is 238 g/mol. The summed E-state index contributed by atoms with van der Waals surface area (Å²) in [6, 6.07) is 7.04. The van der Waals surface area contributed by atoms with Crippen molar-refractivity contribution in [1.29, 1.82) is 0 Å². The van der Waals surface area contributed by atoms with Crippen LogP contribution in [0.5, 0.6) is 5.75 Å². The molecule has 3 rings (SSSR count). The first-order chi connectivity index (χ1) is 9.26. The molecule has 0 saturated carbocycles. The summed E-state index contributed by atoms with van der Waals surface area (Å²) in [6.07, 6.45) is 6.21. The molecule has 1 atom stereocenters. The number of aryl methyl sites for hydroxylation is 1. The predicted octanol–water partition coefficient (Wildman–Crippen LogP) is 2.70. The van der Waals surface area contributed by atoms with Crippen molar-refractivity contribution in [3.8, 4) is 5.75 Å². The molecule has 1 heterocycles. The first-order valence-electron chi connectivity index (χ1n) is 7.04. The fraction of sp³-hybridized carbons (Fsp3) is 0.500. The Bertz CT molecular complexity index is 496. The van der Waals surface area contributed by atoms with Gasteiger partial charge in [0.05, 0.1) is 12.9 Å². The zero-order valence-electron chi connectivity index (χ0n) is 11.4. The number of fused-ring (bicyclic) bond motifs is 1. The Morgan fingerprint density at radius 2 is 2.16 bits per heavy atom. The Kier molecular flexibility index (Phi) is 3.47. The number of benzene rings is 1. The first-order valence-corrected chi connectivity index (χ1v) is 7.04. The van der Waals surface area contributed by atoms with E-state index in [1.807, 2.05) is 6.08 Å². The molecule has 0 saturated heterocycles. The topological polar surface area (TPSA) is 32.7 Å². The highest BCUT2D eigenvalue weighted by molar-refractivity contribution is 5.38. The number of rotatable bonds is 2. The monoisotopic (exact) mass is 259 g/mol. The van der Waals surface area contributed by atoms with Crippen LogP contribution in [0.25, 0.3) is 0 Å². The van der Waals surface area contributed by atoms with Gasteiger partial charge < -0.3 is 9.84 Å². The van der Waals surface area contributed by atoms with E-state index >= 15 is 0 Å². The number of methoxy groups -OCH3 is 1. The maximum absolute atomic E-state index is 9.47. The smallest absolute Gasteiger partial charge is 0.119 e. The van der Waals surface area contributed by atoms with Crippen LogP contribution in [0.3, 0.4) is 0 Å². The highest BCUT2D eigenvalue weighted by Gasteiger charge is 2.25. The second kappa shape index (κ2) is 5.25. The van der Waals surface area contributed by atoms with Gasteiger partial charge in [-0.25, -0.2) is 0 Å². The van der Waals surface area contributed by atoms with Crippen molar-refractivity contribution < 1.29 is 9.84 Å². The van der Waals surface area contributed by atoms with Gasteiger partial charge in [0.15, 0.2) is 0 Å². The molecule has 19 heavy (non-hydrogen) atoms. The van der Waals surface area contributed by atoms with E-state index in [9.17, 15) is 5.11 Å². The van der Waals surface area contributed by atoms with Gasteiger partial charge in [0.2, 0.25) is 0 Å². The molecule has 3 nitrogen and oxygen atoms in total. The first kappa shape index (κ1) is 12.5. The molecule has 102 valence electrons. The highest BCUT2D eigenvalue weighted by atomic mass is 16.5. The summed E-state index contributed by atoms with van der Waals surface area (Å²) in [5.41, 5.74) is 2.89. The number of nitrogens with zero attached hydrogens (tertiary/aromatic N) is 1. The fourth-order valence-electron chi connectivity index (χ4n) is 3.16. The van der Waals surface area contributed by atoms with Crippen LogP contribution in [0.1, 0.15) is 24.0 Å². The van der Waals surface area contributed by atoms with E-state index in [4.69, 9.17) is 4.74 Å². The van der Waals surface area contributed by atoms with Gasteiger partial charge in [-0.1, -0.05) is 6.07 Å². The van der Waals surface area contributed by atoms with Crippen molar-refractivity contribution in [1.82, 2.24) is 4.90 Å². The Morgan fingerprint density at radius 1 is 1.26 bits per heavy atom. The van der Waals surface area contributed by atoms with Gasteiger partial charge in [-0.2, -0.15) is 0 Å². The van der Waals surface area contributed by atoms with Crippen molar-refractivity contribution >= 4 is 0 Å². The standard InChI is InChI=1S/C16H21NO2/c1-19-16-5-3-12-2-4-14(10-13(12)11-16)17-8-6-15(18)7-9-17/h3,5-6,11,14,18H,2,4,7-10H2,1H3. The zero-order valence-corrected chi connectivity index (χ0v) is 11.4. The molecule has 2 aliphatic rings. The van der Waals surface area contributed by atoms with E-state index in [-0.39, 0.29) is 0 Å². The van der Waals surface area contributed by atoms with Crippen LogP contribution in [0.4, 0.5) is 0 Å². The lowest BCUT2D eigenvalue weighted by Crippen LogP contribution is -2.41. The molecule has 0 spiro atoms. The second-order valence-corrected chi connectivity index (χ2v) is 5.47. The quantitative estimate of drug-likeness (QED) is 0.886. The van der Waals surface area contributed by atoms with Crippen LogP contribution >= 0.6 is 0 Å². The van der Waals surface area contributed by atoms with Crippen molar-refractivity contribution in [2.45, 2.75) is 31.7 Å². The summed E-state index contributed by atoms with van der Waals surface area (Å²) in [6.45, 7) is 1.86. The van der Waals surface area contributed by atoms with Crippen molar-refractivity contribution in [3.63, 3.8) is 0 Å². The van der Waals surface area contributed by atoms with E-state index in [2.05, 4.69) is 23.1 Å². The highest BCUT2D eigenvalue weighted by Crippen LogP contribution is 2.28. The lowest BCUT2D eigenvalue weighted by atomic mass is 9.87. The molecule has 0 radical (unpaired) electrons. The molecule has 3 heteroatoms. The summed E-state index contributed by atoms with van der Waals surface area (Å²) in [7, 11) is 1.72. The van der Waals surface area contributed by atoms with Crippen molar-refractivity contribution in [2.24, 2.45) is 0 Å². The molecule has 0 amide bonds. The molecule has 0 aromatic heterocycles. The van der Waals surface area contributed by atoms with Crippen LogP contribution in [0.15, 0.2) is 30.0 Å². The Morgan fingerprint density at radius 3 is 2.89 bits per heavy atom. The normalized spacial score (nSPS) is 23.6. The van der Waals surface area contributed by atoms with Crippen molar-refractivity contribution in [2.75, 3.05) is 20.2 Å². The SMILES string of the molecule is COc1ccc2c(c1)CC(N1CC=C(O)CC1)CC2. The Hall–Kier alpha value is -1.48. The molecule has 1 aliphatic heterocycles. The van der Waals surface area contributed by atoms with Gasteiger partial charge in [-0.15, -0.1) is 0 Å². The largest absolute Gasteiger partial charge is 0.513 e. The van der Waals surface area contributed by atoms with E-state index in [1.165, 1.54) is 17.5 Å². The van der Waals surface area contributed by atoms with Gasteiger partial charge in [0.25, 0.3) is 0 Å². The Labute approximate surface area is 114 Å². The number of hydrogen-bond donors (Lipinski definition) is 1. The van der Waals surface area contributed by atoms with E-state index in [1.54, 1.807) is 7.11 Å². The van der Waals surface area contributed by atoms with E-state index in [0.717, 1.165) is 38.1 Å². The number of aliphatic hydroxyl groups excluding tert-OH is 1. The third kappa shape index (κ3) is 2.61. The summed E-state index contributed by atoms with van der Waals surface area (Å²) in [5.74, 6) is 1.50. The van der Waals surface area contributed by atoms with Crippen molar-refractivity contribution in [3.05, 3.63) is 41.2 Å². The summed E-state index contributed by atoms with van der Waals surface area (Å²) < 4.78 is 5.32. The number of aliphatic hydroxyl groups is 1. The van der Waals surface area contributed by atoms with Gasteiger partial charge in [-0.05, 0) is 48.6 Å². The molecule has 1 aromatic rings. The molecule has 1 unspecified atom stereocenters. The maximum Gasteiger partial charge on any atom is 0.119 e. The minimum Gasteiger partial charge on any atom is -0.513 e. The summed E-state index contributed by atoms with van der Waals surface area (Å²) in [5, 5.41) is 9.47. The van der Waals surface area contributed by atoms with Gasteiger partial charge in [-0.3, -0.25) is 4.90 Å². The minimum absolute atomic E-state index is 0.550. The molecule has 0 fully saturated rings. The molecule has 1 aliphatic carbocycles. The lowest BCUT2D eigenvalue weighted by Gasteiger charge is -2.36. The average Bonchev–Trinajstić information content (AvgIpc) is 2.47. The van der Waals surface area contributed by atoms with E-state index in [0.29, 0.717) is 11.8 Å². The summed E-state index contributed by atoms with van der Waals surface area (Å²) in [4.78, 5) is 2.49. The lowest BCUT2D eigenvalue weighted by molar-refractivity contribution is 0.177. The van der Waals surface area contributed by atoms with Crippen LogP contribution < -0.4 is 4.74 Å². The van der Waals surface area contributed by atoms with Gasteiger partial charge in [0.1, 0.15) is 5.75 Å². The van der Waals surface area contributed by atoms with E-state index < -0.39 is 0 Å². The van der Waals surface area contributed by atoms with Crippen LogP contribution in [0, 0.1) is 0 Å². The van der Waals surface area contributed by atoms with Crippen LogP contribution in [-0.4, -0.2) is 36.2 Å². The third-order valence-corrected chi connectivity index (χ3v) is 4.35. The molecule has 1 N–H and O–H groups in total.